The van der Waals surface area contributed by atoms with Gasteiger partial charge < -0.3 is 4.57 Å². The van der Waals surface area contributed by atoms with Crippen LogP contribution < -0.4 is 0 Å². The highest BCUT2D eigenvalue weighted by molar-refractivity contribution is 7.99. The van der Waals surface area contributed by atoms with E-state index in [1.54, 1.807) is 35.1 Å². The molecule has 2 aromatic carbocycles. The van der Waals surface area contributed by atoms with Gasteiger partial charge in [-0.3, -0.25) is 0 Å². The smallest absolute Gasteiger partial charge is 0.191 e. The summed E-state index contributed by atoms with van der Waals surface area (Å²) >= 11 is 1.65. The Morgan fingerprint density at radius 2 is 2.00 bits per heavy atom. The molecule has 7 nitrogen and oxygen atoms in total. The lowest BCUT2D eigenvalue weighted by atomic mass is 10.1. The van der Waals surface area contributed by atoms with Crippen LogP contribution in [0.3, 0.4) is 0 Å². The summed E-state index contributed by atoms with van der Waals surface area (Å²) in [5.41, 5.74) is 4.22. The van der Waals surface area contributed by atoms with Crippen LogP contribution in [0.2, 0.25) is 0 Å². The van der Waals surface area contributed by atoms with Gasteiger partial charge in [-0.15, -0.1) is 15.3 Å². The molecule has 0 aliphatic carbocycles. The van der Waals surface area contributed by atoms with Crippen molar-refractivity contribution in [1.29, 1.82) is 5.26 Å². The maximum absolute atomic E-state index is 9.08. The molecule has 0 N–H and O–H groups in total. The molecule has 138 valence electrons. The van der Waals surface area contributed by atoms with E-state index in [4.69, 9.17) is 5.26 Å². The largest absolute Gasteiger partial charge is 0.312 e. The number of thioether (sulfide) groups is 1. The van der Waals surface area contributed by atoms with Crippen molar-refractivity contribution in [2.75, 3.05) is 0 Å². The van der Waals surface area contributed by atoms with E-state index in [2.05, 4.69) is 45.5 Å². The zero-order chi connectivity index (χ0) is 19.5. The normalized spacial score (nSPS) is 11.9. The first-order chi connectivity index (χ1) is 13.6. The summed E-state index contributed by atoms with van der Waals surface area (Å²) in [6.45, 7) is 2.13. The van der Waals surface area contributed by atoms with Crippen LogP contribution in [0, 0.1) is 11.3 Å². The van der Waals surface area contributed by atoms with E-state index >= 15 is 0 Å². The van der Waals surface area contributed by atoms with Crippen LogP contribution in [0.1, 0.15) is 23.3 Å². The van der Waals surface area contributed by atoms with E-state index in [1.165, 1.54) is 0 Å². The van der Waals surface area contributed by atoms with E-state index in [0.29, 0.717) is 5.56 Å². The number of aromatic nitrogens is 6. The fourth-order valence-electron chi connectivity index (χ4n) is 2.78. The highest BCUT2D eigenvalue weighted by Crippen LogP contribution is 2.33. The zero-order valence-corrected chi connectivity index (χ0v) is 16.2. The summed E-state index contributed by atoms with van der Waals surface area (Å²) in [4.78, 5) is 1.61. The van der Waals surface area contributed by atoms with Crippen molar-refractivity contribution in [2.45, 2.75) is 17.3 Å². The quantitative estimate of drug-likeness (QED) is 0.484. The average Bonchev–Trinajstić information content (AvgIpc) is 3.38. The molecule has 0 bridgehead atoms. The molecular formula is C20H17N7S. The van der Waals surface area contributed by atoms with Crippen molar-refractivity contribution >= 4 is 11.8 Å². The number of benzene rings is 2. The van der Waals surface area contributed by atoms with Gasteiger partial charge in [0.2, 0.25) is 0 Å². The van der Waals surface area contributed by atoms with Gasteiger partial charge in [-0.25, -0.2) is 0 Å². The molecular weight excluding hydrogens is 370 g/mol. The first-order valence-electron chi connectivity index (χ1n) is 8.68. The third-order valence-electron chi connectivity index (χ3n) is 4.30. The molecule has 0 aliphatic heterocycles. The molecule has 0 amide bonds. The van der Waals surface area contributed by atoms with Crippen LogP contribution >= 0.6 is 11.8 Å². The molecule has 0 saturated carbocycles. The molecule has 2 aromatic heterocycles. The van der Waals surface area contributed by atoms with Crippen LogP contribution in [0.5, 0.6) is 0 Å². The number of rotatable bonds is 5. The minimum absolute atomic E-state index is 0.199. The van der Waals surface area contributed by atoms with Gasteiger partial charge in [-0.1, -0.05) is 36.0 Å². The summed E-state index contributed by atoms with van der Waals surface area (Å²) < 4.78 is 1.90. The topological polar surface area (TPSA) is 85.2 Å². The van der Waals surface area contributed by atoms with E-state index in [0.717, 1.165) is 27.7 Å². The van der Waals surface area contributed by atoms with Crippen LogP contribution in [0.15, 0.2) is 66.2 Å². The molecule has 0 radical (unpaired) electrons. The average molecular weight is 387 g/mol. The van der Waals surface area contributed by atoms with Crippen molar-refractivity contribution in [3.8, 4) is 23.0 Å². The summed E-state index contributed by atoms with van der Waals surface area (Å²) in [6.07, 6.45) is 3.41. The molecule has 4 aromatic rings. The third kappa shape index (κ3) is 3.66. The Hall–Kier alpha value is -3.44. The van der Waals surface area contributed by atoms with E-state index in [1.807, 2.05) is 41.9 Å². The lowest BCUT2D eigenvalue weighted by Crippen LogP contribution is -2.01. The monoisotopic (exact) mass is 387 g/mol. The molecule has 8 heteroatoms. The Bertz CT molecular complexity index is 1160. The van der Waals surface area contributed by atoms with Gasteiger partial charge in [-0.05, 0) is 36.8 Å². The van der Waals surface area contributed by atoms with E-state index in [9.17, 15) is 0 Å². The molecule has 0 aliphatic rings. The number of hydrogen-bond donors (Lipinski definition) is 0. The lowest BCUT2D eigenvalue weighted by molar-refractivity contribution is 0.752. The van der Waals surface area contributed by atoms with Crippen LogP contribution in [0.4, 0.5) is 0 Å². The Morgan fingerprint density at radius 1 is 1.14 bits per heavy atom. The fourth-order valence-corrected chi connectivity index (χ4v) is 3.68. The first kappa shape index (κ1) is 17.9. The van der Waals surface area contributed by atoms with Crippen molar-refractivity contribution in [1.82, 2.24) is 29.8 Å². The number of hydrogen-bond acceptors (Lipinski definition) is 6. The Labute approximate surface area is 166 Å². The predicted molar refractivity (Wildman–Crippen MR) is 107 cm³/mol. The molecule has 2 heterocycles. The van der Waals surface area contributed by atoms with Crippen LogP contribution in [-0.4, -0.2) is 29.8 Å². The first-order valence-corrected chi connectivity index (χ1v) is 9.56. The van der Waals surface area contributed by atoms with Gasteiger partial charge in [0, 0.05) is 17.9 Å². The summed E-state index contributed by atoms with van der Waals surface area (Å²) in [7, 11) is 1.93. The van der Waals surface area contributed by atoms with Gasteiger partial charge in [0.15, 0.2) is 5.16 Å². The Morgan fingerprint density at radius 3 is 2.79 bits per heavy atom. The van der Waals surface area contributed by atoms with Gasteiger partial charge in [0.1, 0.15) is 12.0 Å². The predicted octanol–water partition coefficient (Wildman–Crippen LogP) is 3.79. The summed E-state index contributed by atoms with van der Waals surface area (Å²) in [5, 5.41) is 27.2. The SMILES string of the molecule is C[C@H](Sc1nncn1C)c1cccc(-n2ncc(-c3cccc(C#N)c3)n2)c1. The van der Waals surface area contributed by atoms with Crippen LogP contribution in [-0.2, 0) is 7.05 Å². The second-order valence-electron chi connectivity index (χ2n) is 6.29. The minimum Gasteiger partial charge on any atom is -0.312 e. The Balaban J connectivity index is 1.59. The maximum Gasteiger partial charge on any atom is 0.191 e. The standard InChI is InChI=1S/C20H17N7S/c1-14(28-20-24-22-13-26(20)2)16-6-4-8-18(10-16)27-23-12-19(25-27)17-7-3-5-15(9-17)11-21/h3-10,12-14H,1-2H3/t14-/m0/s1. The molecule has 28 heavy (non-hydrogen) atoms. The number of nitrogens with zero attached hydrogens (tertiary/aromatic N) is 7. The second-order valence-corrected chi connectivity index (χ2v) is 7.60. The van der Waals surface area contributed by atoms with E-state index in [-0.39, 0.29) is 5.25 Å². The molecule has 0 unspecified atom stereocenters. The number of aryl methyl sites for hydroxylation is 1. The van der Waals surface area contributed by atoms with Gasteiger partial charge in [0.05, 0.1) is 23.5 Å². The van der Waals surface area contributed by atoms with Gasteiger partial charge >= 0.3 is 0 Å². The molecule has 0 fully saturated rings. The van der Waals surface area contributed by atoms with E-state index < -0.39 is 0 Å². The van der Waals surface area contributed by atoms with Crippen molar-refractivity contribution < 1.29 is 0 Å². The molecule has 1 atom stereocenters. The fraction of sp³-hybridized carbons (Fsp3) is 0.150. The molecule has 0 saturated heterocycles. The summed E-state index contributed by atoms with van der Waals surface area (Å²) in [6, 6.07) is 17.6. The van der Waals surface area contributed by atoms with Gasteiger partial charge in [0.25, 0.3) is 0 Å². The number of nitriles is 1. The third-order valence-corrected chi connectivity index (χ3v) is 5.51. The Kier molecular flexibility index (Phi) is 4.91. The lowest BCUT2D eigenvalue weighted by Gasteiger charge is -2.12. The highest BCUT2D eigenvalue weighted by Gasteiger charge is 2.13. The van der Waals surface area contributed by atoms with Crippen LogP contribution in [0.25, 0.3) is 16.9 Å². The minimum atomic E-state index is 0.199. The second kappa shape index (κ2) is 7.66. The molecule has 0 spiro atoms. The van der Waals surface area contributed by atoms with Crippen molar-refractivity contribution in [3.05, 3.63) is 72.2 Å². The molecule has 4 rings (SSSR count). The summed E-state index contributed by atoms with van der Waals surface area (Å²) in [5.74, 6) is 0. The highest BCUT2D eigenvalue weighted by atomic mass is 32.2. The van der Waals surface area contributed by atoms with Gasteiger partial charge in [-0.2, -0.15) is 15.2 Å². The van der Waals surface area contributed by atoms with Crippen molar-refractivity contribution in [2.24, 2.45) is 7.05 Å². The maximum atomic E-state index is 9.08. The van der Waals surface area contributed by atoms with Crippen molar-refractivity contribution in [3.63, 3.8) is 0 Å². The zero-order valence-electron chi connectivity index (χ0n) is 15.4.